The van der Waals surface area contributed by atoms with Gasteiger partial charge in [0.2, 0.25) is 10.0 Å². The Hall–Kier alpha value is -2.69. The topological polar surface area (TPSA) is 93.5 Å². The molecule has 164 valence electrons. The number of nitrogens with one attached hydrogen (secondary N) is 1. The maximum absolute atomic E-state index is 12.8. The number of carbonyl (C=O) groups excluding carboxylic acids is 1. The number of hydrogen-bond acceptors (Lipinski definition) is 6. The van der Waals surface area contributed by atoms with Gasteiger partial charge in [-0.15, -0.1) is 11.3 Å². The van der Waals surface area contributed by atoms with Crippen molar-refractivity contribution in [1.29, 1.82) is 0 Å². The summed E-state index contributed by atoms with van der Waals surface area (Å²) in [6.07, 6.45) is 2.34. The first-order chi connectivity index (χ1) is 14.8. The monoisotopic (exact) mass is 460 g/mol. The molecular weight excluding hydrogens is 436 g/mol. The maximum Gasteiger partial charge on any atom is 0.274 e. The summed E-state index contributed by atoms with van der Waals surface area (Å²) in [7, 11) is -1.99. The molecule has 1 aliphatic rings. The third-order valence-corrected chi connectivity index (χ3v) is 8.04. The van der Waals surface area contributed by atoms with Crippen molar-refractivity contribution in [3.8, 4) is 17.0 Å². The Kier molecular flexibility index (Phi) is 5.87. The molecule has 0 unspecified atom stereocenters. The second-order valence-electron chi connectivity index (χ2n) is 7.17. The smallest absolute Gasteiger partial charge is 0.274 e. The number of carbonyl (C=O) groups is 1. The van der Waals surface area contributed by atoms with E-state index in [1.54, 1.807) is 20.9 Å². The minimum atomic E-state index is -3.64. The highest BCUT2D eigenvalue weighted by molar-refractivity contribution is 7.89. The Balaban J connectivity index is 1.53. The number of aryl methyl sites for hydroxylation is 1. The van der Waals surface area contributed by atoms with E-state index in [2.05, 4.69) is 16.4 Å². The molecule has 8 nitrogen and oxygen atoms in total. The summed E-state index contributed by atoms with van der Waals surface area (Å²) in [6.45, 7) is 5.00. The SMILES string of the molecule is CCN(CC)S(=O)(=O)c1cc(C(=O)Nc2nc(-c3ccc4c(c3)CCO4)cs2)n(C)c1. The minimum absolute atomic E-state index is 0.101. The van der Waals surface area contributed by atoms with Gasteiger partial charge < -0.3 is 9.30 Å². The van der Waals surface area contributed by atoms with E-state index in [4.69, 9.17) is 4.74 Å². The molecule has 3 heterocycles. The highest BCUT2D eigenvalue weighted by Crippen LogP contribution is 2.32. The van der Waals surface area contributed by atoms with Gasteiger partial charge in [-0.1, -0.05) is 13.8 Å². The molecule has 0 radical (unpaired) electrons. The molecule has 0 aliphatic carbocycles. The molecule has 0 bridgehead atoms. The zero-order valence-corrected chi connectivity index (χ0v) is 19.2. The zero-order chi connectivity index (χ0) is 22.2. The van der Waals surface area contributed by atoms with E-state index >= 15 is 0 Å². The minimum Gasteiger partial charge on any atom is -0.493 e. The molecule has 0 spiro atoms. The van der Waals surface area contributed by atoms with Gasteiger partial charge in [0.15, 0.2) is 5.13 Å². The largest absolute Gasteiger partial charge is 0.493 e. The molecule has 1 amide bonds. The van der Waals surface area contributed by atoms with Crippen LogP contribution in [0.1, 0.15) is 29.9 Å². The molecule has 2 aromatic heterocycles. The van der Waals surface area contributed by atoms with Gasteiger partial charge in [0.25, 0.3) is 5.91 Å². The fourth-order valence-electron chi connectivity index (χ4n) is 3.58. The van der Waals surface area contributed by atoms with Crippen molar-refractivity contribution in [1.82, 2.24) is 13.9 Å². The van der Waals surface area contributed by atoms with Crippen LogP contribution in [0.2, 0.25) is 0 Å². The standard InChI is InChI=1S/C21H24N4O4S2/c1-4-25(5-2)31(27,28)16-11-18(24(3)12-16)20(26)23-21-22-17(13-30-21)14-6-7-19-15(10-14)8-9-29-19/h6-7,10-13H,4-5,8-9H2,1-3H3,(H,22,23,26). The summed E-state index contributed by atoms with van der Waals surface area (Å²) in [5.74, 6) is 0.499. The van der Waals surface area contributed by atoms with E-state index in [0.717, 1.165) is 29.0 Å². The Morgan fingerprint density at radius 2 is 2.06 bits per heavy atom. The van der Waals surface area contributed by atoms with Crippen LogP contribution in [0.5, 0.6) is 5.75 Å². The van der Waals surface area contributed by atoms with E-state index < -0.39 is 15.9 Å². The number of aromatic nitrogens is 2. The van der Waals surface area contributed by atoms with Gasteiger partial charge in [-0.3, -0.25) is 10.1 Å². The summed E-state index contributed by atoms with van der Waals surface area (Å²) in [5.41, 5.74) is 3.14. The lowest BCUT2D eigenvalue weighted by atomic mass is 10.1. The van der Waals surface area contributed by atoms with E-state index in [1.165, 1.54) is 32.5 Å². The Labute approximate surface area is 185 Å². The molecule has 4 rings (SSSR count). The number of rotatable bonds is 7. The highest BCUT2D eigenvalue weighted by atomic mass is 32.2. The van der Waals surface area contributed by atoms with E-state index in [-0.39, 0.29) is 10.6 Å². The number of fused-ring (bicyclic) bond motifs is 1. The Morgan fingerprint density at radius 3 is 2.81 bits per heavy atom. The molecule has 1 aromatic carbocycles. The van der Waals surface area contributed by atoms with Crippen LogP contribution in [0.25, 0.3) is 11.3 Å². The first-order valence-electron chi connectivity index (χ1n) is 10.0. The van der Waals surface area contributed by atoms with Gasteiger partial charge >= 0.3 is 0 Å². The molecule has 0 atom stereocenters. The number of thiazole rings is 1. The number of amides is 1. The molecule has 1 aliphatic heterocycles. The summed E-state index contributed by atoms with van der Waals surface area (Å²) in [5, 5.41) is 5.11. The first-order valence-corrected chi connectivity index (χ1v) is 12.3. The number of hydrogen-bond donors (Lipinski definition) is 1. The summed E-state index contributed by atoms with van der Waals surface area (Å²) in [6, 6.07) is 7.35. The van der Waals surface area contributed by atoms with Crippen molar-refractivity contribution in [3.63, 3.8) is 0 Å². The van der Waals surface area contributed by atoms with Crippen molar-refractivity contribution < 1.29 is 17.9 Å². The first kappa shape index (κ1) is 21.5. The van der Waals surface area contributed by atoms with Crippen LogP contribution in [0.15, 0.2) is 40.7 Å². The second kappa shape index (κ2) is 8.45. The van der Waals surface area contributed by atoms with Crippen LogP contribution >= 0.6 is 11.3 Å². The zero-order valence-electron chi connectivity index (χ0n) is 17.6. The lowest BCUT2D eigenvalue weighted by Gasteiger charge is -2.17. The van der Waals surface area contributed by atoms with Crippen LogP contribution in [-0.2, 0) is 23.5 Å². The highest BCUT2D eigenvalue weighted by Gasteiger charge is 2.25. The third kappa shape index (κ3) is 4.10. The van der Waals surface area contributed by atoms with Gasteiger partial charge in [-0.2, -0.15) is 4.31 Å². The molecule has 0 fully saturated rings. The fourth-order valence-corrected chi connectivity index (χ4v) is 5.83. The predicted molar refractivity (Wildman–Crippen MR) is 120 cm³/mol. The maximum atomic E-state index is 12.8. The summed E-state index contributed by atoms with van der Waals surface area (Å²) in [4.78, 5) is 17.4. The molecular formula is C21H24N4O4S2. The Morgan fingerprint density at radius 1 is 1.29 bits per heavy atom. The molecule has 0 saturated carbocycles. The second-order valence-corrected chi connectivity index (χ2v) is 9.97. The number of nitrogens with zero attached hydrogens (tertiary/aromatic N) is 3. The third-order valence-electron chi connectivity index (χ3n) is 5.27. The lowest BCUT2D eigenvalue weighted by molar-refractivity contribution is 0.101. The fraction of sp³-hybridized carbons (Fsp3) is 0.333. The molecule has 3 aromatic rings. The normalized spacial score (nSPS) is 13.3. The van der Waals surface area contributed by atoms with Gasteiger partial charge in [0.05, 0.1) is 12.3 Å². The van der Waals surface area contributed by atoms with Crippen LogP contribution in [0.3, 0.4) is 0 Å². The molecule has 1 N–H and O–H groups in total. The molecule has 0 saturated heterocycles. The number of anilines is 1. The summed E-state index contributed by atoms with van der Waals surface area (Å²) < 4.78 is 33.9. The van der Waals surface area contributed by atoms with Gasteiger partial charge in [-0.05, 0) is 29.8 Å². The van der Waals surface area contributed by atoms with Crippen molar-refractivity contribution in [3.05, 3.63) is 47.1 Å². The number of sulfonamides is 1. The van der Waals surface area contributed by atoms with Gasteiger partial charge in [0.1, 0.15) is 16.3 Å². The van der Waals surface area contributed by atoms with E-state index in [0.29, 0.717) is 24.8 Å². The molecule has 31 heavy (non-hydrogen) atoms. The van der Waals surface area contributed by atoms with Crippen LogP contribution < -0.4 is 10.1 Å². The van der Waals surface area contributed by atoms with Crippen molar-refractivity contribution in [2.75, 3.05) is 25.0 Å². The quantitative estimate of drug-likeness (QED) is 0.584. The van der Waals surface area contributed by atoms with Crippen molar-refractivity contribution in [2.45, 2.75) is 25.2 Å². The van der Waals surface area contributed by atoms with Gasteiger partial charge in [-0.25, -0.2) is 13.4 Å². The van der Waals surface area contributed by atoms with Gasteiger partial charge in [0, 0.05) is 43.7 Å². The van der Waals surface area contributed by atoms with Crippen LogP contribution in [-0.4, -0.2) is 47.9 Å². The predicted octanol–water partition coefficient (Wildman–Crippen LogP) is 3.37. The van der Waals surface area contributed by atoms with Crippen molar-refractivity contribution >= 4 is 32.4 Å². The Bertz CT molecular complexity index is 1230. The molecule has 10 heteroatoms. The summed E-state index contributed by atoms with van der Waals surface area (Å²) >= 11 is 1.32. The lowest BCUT2D eigenvalue weighted by Crippen LogP contribution is -2.30. The number of benzene rings is 1. The van der Waals surface area contributed by atoms with Crippen LogP contribution in [0.4, 0.5) is 5.13 Å². The van der Waals surface area contributed by atoms with Crippen LogP contribution in [0, 0.1) is 0 Å². The average Bonchev–Trinajstić information content (AvgIpc) is 3.47. The van der Waals surface area contributed by atoms with E-state index in [9.17, 15) is 13.2 Å². The van der Waals surface area contributed by atoms with E-state index in [1.807, 2.05) is 17.5 Å². The van der Waals surface area contributed by atoms with Crippen molar-refractivity contribution in [2.24, 2.45) is 7.05 Å². The number of ether oxygens (including phenoxy) is 1. The average molecular weight is 461 g/mol.